The van der Waals surface area contributed by atoms with Crippen LogP contribution in [0.2, 0.25) is 5.02 Å². The Balaban J connectivity index is 2.17. The second-order valence-electron chi connectivity index (χ2n) is 4.65. The van der Waals surface area contributed by atoms with Crippen LogP contribution in [0.5, 0.6) is 0 Å². The van der Waals surface area contributed by atoms with Crippen molar-refractivity contribution in [3.8, 4) is 0 Å². The maximum absolute atomic E-state index is 13.1. The van der Waals surface area contributed by atoms with E-state index in [9.17, 15) is 4.39 Å². The van der Waals surface area contributed by atoms with Crippen molar-refractivity contribution in [2.24, 2.45) is 0 Å². The number of nitrogens with one attached hydrogen (secondary N) is 1. The minimum Gasteiger partial charge on any atom is -0.369 e. The normalized spacial score (nSPS) is 30.0. The zero-order chi connectivity index (χ0) is 12.4. The molecular weight excluding hydrogens is 241 g/mol. The molecule has 0 radical (unpaired) electrons. The Labute approximate surface area is 106 Å². The zero-order valence-electron chi connectivity index (χ0n) is 10.0. The number of ether oxygens (including phenoxy) is 1. The van der Waals surface area contributed by atoms with Crippen molar-refractivity contribution in [1.29, 1.82) is 0 Å². The Bertz CT molecular complexity index is 399. The lowest BCUT2D eigenvalue weighted by molar-refractivity contribution is 0.00716. The van der Waals surface area contributed by atoms with Gasteiger partial charge < -0.3 is 10.1 Å². The molecular formula is C13H17ClFNO. The number of hydrogen-bond donors (Lipinski definition) is 1. The van der Waals surface area contributed by atoms with E-state index in [4.69, 9.17) is 16.3 Å². The summed E-state index contributed by atoms with van der Waals surface area (Å²) in [5.41, 5.74) is 0.921. The second-order valence-corrected chi connectivity index (χ2v) is 5.06. The number of benzene rings is 1. The lowest BCUT2D eigenvalue weighted by atomic mass is 10.1. The summed E-state index contributed by atoms with van der Waals surface area (Å²) < 4.78 is 19.0. The third-order valence-corrected chi connectivity index (χ3v) is 3.34. The topological polar surface area (TPSA) is 21.3 Å². The predicted molar refractivity (Wildman–Crippen MR) is 66.8 cm³/mol. The molecule has 1 heterocycles. The third kappa shape index (κ3) is 3.18. The van der Waals surface area contributed by atoms with Crippen LogP contribution in [-0.4, -0.2) is 18.7 Å². The van der Waals surface area contributed by atoms with Crippen molar-refractivity contribution in [2.45, 2.75) is 38.5 Å². The van der Waals surface area contributed by atoms with Gasteiger partial charge >= 0.3 is 0 Å². The van der Waals surface area contributed by atoms with E-state index in [0.717, 1.165) is 18.5 Å². The molecule has 0 bridgehead atoms. The maximum Gasteiger partial charge on any atom is 0.141 e. The van der Waals surface area contributed by atoms with Gasteiger partial charge in [-0.1, -0.05) is 17.7 Å². The fourth-order valence-electron chi connectivity index (χ4n) is 2.18. The van der Waals surface area contributed by atoms with Crippen LogP contribution < -0.4 is 5.32 Å². The van der Waals surface area contributed by atoms with Gasteiger partial charge in [-0.3, -0.25) is 0 Å². The van der Waals surface area contributed by atoms with E-state index in [2.05, 4.69) is 19.2 Å². The van der Waals surface area contributed by atoms with Crippen LogP contribution in [0.25, 0.3) is 0 Å². The summed E-state index contributed by atoms with van der Waals surface area (Å²) >= 11 is 5.79. The summed E-state index contributed by atoms with van der Waals surface area (Å²) in [6.07, 6.45) is 1.10. The van der Waals surface area contributed by atoms with Gasteiger partial charge in [-0.2, -0.15) is 0 Å². The Kier molecular flexibility index (Phi) is 4.02. The molecule has 1 N–H and O–H groups in total. The third-order valence-electron chi connectivity index (χ3n) is 3.05. The Morgan fingerprint density at radius 1 is 1.41 bits per heavy atom. The highest BCUT2D eigenvalue weighted by Gasteiger charge is 2.22. The van der Waals surface area contributed by atoms with E-state index in [0.29, 0.717) is 6.04 Å². The monoisotopic (exact) mass is 257 g/mol. The molecule has 17 heavy (non-hydrogen) atoms. The van der Waals surface area contributed by atoms with Gasteiger partial charge in [0.15, 0.2) is 0 Å². The summed E-state index contributed by atoms with van der Waals surface area (Å²) in [6, 6.07) is 5.20. The Morgan fingerprint density at radius 3 is 2.88 bits per heavy atom. The highest BCUT2D eigenvalue weighted by molar-refractivity contribution is 6.30. The molecule has 3 unspecified atom stereocenters. The van der Waals surface area contributed by atoms with E-state index >= 15 is 0 Å². The fourth-order valence-corrected chi connectivity index (χ4v) is 2.37. The first kappa shape index (κ1) is 12.8. The van der Waals surface area contributed by atoms with Gasteiger partial charge in [-0.25, -0.2) is 4.39 Å². The molecule has 1 aliphatic heterocycles. The molecule has 1 aliphatic rings. The molecule has 0 saturated carbocycles. The molecule has 3 atom stereocenters. The Morgan fingerprint density at radius 2 is 2.18 bits per heavy atom. The van der Waals surface area contributed by atoms with E-state index in [1.54, 1.807) is 12.1 Å². The average Bonchev–Trinajstić information content (AvgIpc) is 2.43. The van der Waals surface area contributed by atoms with E-state index in [1.165, 1.54) is 6.07 Å². The standard InChI is InChI=1S/C13H17ClFNO/c1-8-5-9(2)17-13(7-16-8)10-3-4-12(15)11(14)6-10/h3-4,6,8-9,13,16H,5,7H2,1-2H3. The number of rotatable bonds is 1. The average molecular weight is 258 g/mol. The van der Waals surface area contributed by atoms with Crippen LogP contribution in [-0.2, 0) is 4.74 Å². The molecule has 0 amide bonds. The number of halogens is 2. The van der Waals surface area contributed by atoms with Gasteiger partial charge in [0, 0.05) is 12.6 Å². The highest BCUT2D eigenvalue weighted by Crippen LogP contribution is 2.26. The largest absolute Gasteiger partial charge is 0.369 e. The molecule has 1 saturated heterocycles. The lowest BCUT2D eigenvalue weighted by Crippen LogP contribution is -2.27. The van der Waals surface area contributed by atoms with Crippen LogP contribution in [0.1, 0.15) is 31.9 Å². The van der Waals surface area contributed by atoms with Crippen molar-refractivity contribution < 1.29 is 9.13 Å². The van der Waals surface area contributed by atoms with Gasteiger partial charge in [0.05, 0.1) is 17.2 Å². The summed E-state index contributed by atoms with van der Waals surface area (Å²) in [4.78, 5) is 0. The lowest BCUT2D eigenvalue weighted by Gasteiger charge is -2.19. The van der Waals surface area contributed by atoms with Crippen LogP contribution in [0.4, 0.5) is 4.39 Å². The first-order valence-corrected chi connectivity index (χ1v) is 6.28. The first-order valence-electron chi connectivity index (χ1n) is 5.90. The molecule has 4 heteroatoms. The predicted octanol–water partition coefficient (Wildman–Crippen LogP) is 3.31. The van der Waals surface area contributed by atoms with Crippen LogP contribution in [0.15, 0.2) is 18.2 Å². The van der Waals surface area contributed by atoms with Gasteiger partial charge in [-0.15, -0.1) is 0 Å². The van der Waals surface area contributed by atoms with Crippen LogP contribution in [0.3, 0.4) is 0 Å². The van der Waals surface area contributed by atoms with Gasteiger partial charge in [0.25, 0.3) is 0 Å². The summed E-state index contributed by atoms with van der Waals surface area (Å²) in [5.74, 6) is -0.390. The second kappa shape index (κ2) is 5.34. The van der Waals surface area contributed by atoms with Gasteiger partial charge in [0.2, 0.25) is 0 Å². The maximum atomic E-state index is 13.1. The van der Waals surface area contributed by atoms with Gasteiger partial charge in [0.1, 0.15) is 5.82 Å². The Hall–Kier alpha value is -0.640. The smallest absolute Gasteiger partial charge is 0.141 e. The molecule has 1 aromatic rings. The molecule has 2 rings (SSSR count). The van der Waals surface area contributed by atoms with E-state index in [1.807, 2.05) is 0 Å². The van der Waals surface area contributed by atoms with Crippen molar-refractivity contribution >= 4 is 11.6 Å². The SMILES string of the molecule is CC1CC(C)OC(c2ccc(F)c(Cl)c2)CN1. The quantitative estimate of drug-likeness (QED) is 0.834. The summed E-state index contributed by atoms with van der Waals surface area (Å²) in [6.45, 7) is 4.93. The van der Waals surface area contributed by atoms with E-state index in [-0.39, 0.29) is 17.2 Å². The molecule has 2 nitrogen and oxygen atoms in total. The highest BCUT2D eigenvalue weighted by atomic mass is 35.5. The molecule has 0 aliphatic carbocycles. The summed E-state index contributed by atoms with van der Waals surface area (Å²) in [5, 5.41) is 3.54. The number of hydrogen-bond acceptors (Lipinski definition) is 2. The first-order chi connectivity index (χ1) is 8.06. The molecule has 94 valence electrons. The van der Waals surface area contributed by atoms with Crippen molar-refractivity contribution in [1.82, 2.24) is 5.32 Å². The molecule has 0 spiro atoms. The van der Waals surface area contributed by atoms with Crippen molar-refractivity contribution in [3.05, 3.63) is 34.6 Å². The minimum atomic E-state index is -0.390. The fraction of sp³-hybridized carbons (Fsp3) is 0.538. The molecule has 1 fully saturated rings. The van der Waals surface area contributed by atoms with Crippen LogP contribution >= 0.6 is 11.6 Å². The van der Waals surface area contributed by atoms with Crippen molar-refractivity contribution in [3.63, 3.8) is 0 Å². The molecule has 1 aromatic carbocycles. The molecule has 0 aromatic heterocycles. The van der Waals surface area contributed by atoms with E-state index < -0.39 is 5.82 Å². The summed E-state index contributed by atoms with van der Waals surface area (Å²) in [7, 11) is 0. The van der Waals surface area contributed by atoms with Crippen LogP contribution in [0, 0.1) is 5.82 Å². The minimum absolute atomic E-state index is 0.0620. The van der Waals surface area contributed by atoms with Gasteiger partial charge in [-0.05, 0) is 38.0 Å². The van der Waals surface area contributed by atoms with Crippen molar-refractivity contribution in [2.75, 3.05) is 6.54 Å². The zero-order valence-corrected chi connectivity index (χ0v) is 10.8.